The third-order valence-corrected chi connectivity index (χ3v) is 4.60. The number of hydrogen-bond acceptors (Lipinski definition) is 3. The Morgan fingerprint density at radius 2 is 1.94 bits per heavy atom. The van der Waals surface area contributed by atoms with E-state index in [0.29, 0.717) is 0 Å². The van der Waals surface area contributed by atoms with Crippen molar-refractivity contribution in [3.8, 4) is 0 Å². The summed E-state index contributed by atoms with van der Waals surface area (Å²) in [5, 5.41) is 9.46. The monoisotopic (exact) mass is 245 g/mol. The predicted octanol–water partition coefficient (Wildman–Crippen LogP) is 2.24. The summed E-state index contributed by atoms with van der Waals surface area (Å²) in [5.41, 5.74) is 0.0378. The molecule has 1 fully saturated rings. The second-order valence-electron chi connectivity index (χ2n) is 6.14. The molecule has 0 amide bonds. The van der Waals surface area contributed by atoms with E-state index in [9.17, 15) is 10.1 Å². The maximum absolute atomic E-state index is 10.2. The minimum Gasteiger partial charge on any atom is -0.322 e. The lowest BCUT2D eigenvalue weighted by molar-refractivity contribution is -0.961. The predicted molar refractivity (Wildman–Crippen MR) is 66.0 cm³/mol. The normalized spacial score (nSPS) is 30.0. The van der Waals surface area contributed by atoms with Gasteiger partial charge in [0.15, 0.2) is 0 Å². The van der Waals surface area contributed by atoms with Crippen molar-refractivity contribution in [3.63, 3.8) is 0 Å². The van der Waals surface area contributed by atoms with Crippen molar-refractivity contribution >= 4 is 0 Å². The fraction of sp³-hybridized carbons (Fsp3) is 1.00. The molecule has 0 N–H and O–H groups in total. The summed E-state index contributed by atoms with van der Waals surface area (Å²) in [5.74, 6) is 0.812. The molecule has 5 heteroatoms. The lowest BCUT2D eigenvalue weighted by atomic mass is 9.88. The van der Waals surface area contributed by atoms with E-state index in [1.807, 2.05) is 0 Å². The molecule has 0 aromatic rings. The highest BCUT2D eigenvalue weighted by Gasteiger charge is 2.41. The van der Waals surface area contributed by atoms with Gasteiger partial charge >= 0.3 is 0 Å². The van der Waals surface area contributed by atoms with Gasteiger partial charge in [-0.05, 0) is 32.6 Å². The maximum Gasteiger partial charge on any atom is 0.294 e. The Labute approximate surface area is 103 Å². The van der Waals surface area contributed by atoms with Gasteiger partial charge in [-0.1, -0.05) is 6.92 Å². The molecule has 1 aliphatic rings. The summed E-state index contributed by atoms with van der Waals surface area (Å²) in [6.45, 7) is 9.19. The van der Waals surface area contributed by atoms with Crippen LogP contribution in [0.5, 0.6) is 0 Å². The first-order valence-electron chi connectivity index (χ1n) is 6.39. The number of rotatable bonds is 5. The Kier molecular flexibility index (Phi) is 4.36. The van der Waals surface area contributed by atoms with Crippen LogP contribution >= 0.6 is 0 Å². The zero-order chi connectivity index (χ0) is 13.1. The number of quaternary nitrogens is 1. The third-order valence-electron chi connectivity index (χ3n) is 4.60. The van der Waals surface area contributed by atoms with Crippen molar-refractivity contribution in [2.45, 2.75) is 45.6 Å². The Morgan fingerprint density at radius 3 is 2.41 bits per heavy atom. The van der Waals surface area contributed by atoms with Crippen LogP contribution in [-0.4, -0.2) is 41.9 Å². The average molecular weight is 245 g/mol. The van der Waals surface area contributed by atoms with E-state index >= 15 is 0 Å². The van der Waals surface area contributed by atoms with Gasteiger partial charge < -0.3 is 9.32 Å². The first kappa shape index (κ1) is 14.2. The maximum atomic E-state index is 10.2. The van der Waals surface area contributed by atoms with Crippen molar-refractivity contribution in [2.24, 2.45) is 5.92 Å². The summed E-state index contributed by atoms with van der Waals surface area (Å²) in [6.07, 6.45) is 3.21. The Morgan fingerprint density at radius 1 is 1.41 bits per heavy atom. The molecule has 0 unspecified atom stereocenters. The molecule has 0 aromatic carbocycles. The molecule has 0 saturated carbocycles. The molecular formula is C12H25N2O3+. The topological polar surface area (TPSA) is 52.4 Å². The molecule has 100 valence electrons. The molecule has 1 rings (SSSR count). The molecule has 0 spiro atoms. The Hall–Kier alpha value is -0.840. The molecule has 0 radical (unpaired) electrons. The van der Waals surface area contributed by atoms with Gasteiger partial charge in [-0.15, -0.1) is 10.1 Å². The minimum absolute atomic E-state index is 0.0378. The quantitative estimate of drug-likeness (QED) is 0.424. The second-order valence-corrected chi connectivity index (χ2v) is 6.14. The van der Waals surface area contributed by atoms with E-state index in [1.165, 1.54) is 12.8 Å². The number of hydrogen-bond donors (Lipinski definition) is 0. The molecule has 0 atom stereocenters. The standard InChI is InChI=1S/C12H25N2O3/c1-11-5-8-14(4,9-6-11)12(2,3)7-10-17-13(15)16/h11H,5-10H2,1-4H3/q+1. The number of piperidine rings is 1. The van der Waals surface area contributed by atoms with Crippen molar-refractivity contribution in [3.05, 3.63) is 10.1 Å². The highest BCUT2D eigenvalue weighted by atomic mass is 16.9. The molecule has 5 nitrogen and oxygen atoms in total. The molecule has 0 aromatic heterocycles. The smallest absolute Gasteiger partial charge is 0.294 e. The number of likely N-dealkylation sites (tertiary alicyclic amines) is 1. The summed E-state index contributed by atoms with van der Waals surface area (Å²) >= 11 is 0. The van der Waals surface area contributed by atoms with Crippen LogP contribution in [0.3, 0.4) is 0 Å². The van der Waals surface area contributed by atoms with Gasteiger partial charge in [-0.2, -0.15) is 0 Å². The van der Waals surface area contributed by atoms with Crippen molar-refractivity contribution in [1.29, 1.82) is 0 Å². The van der Waals surface area contributed by atoms with Crippen LogP contribution in [0.4, 0.5) is 0 Å². The van der Waals surface area contributed by atoms with E-state index in [4.69, 9.17) is 0 Å². The largest absolute Gasteiger partial charge is 0.322 e. The van der Waals surface area contributed by atoms with Crippen LogP contribution in [0.1, 0.15) is 40.0 Å². The lowest BCUT2D eigenvalue weighted by Gasteiger charge is -2.51. The fourth-order valence-electron chi connectivity index (χ4n) is 2.51. The van der Waals surface area contributed by atoms with Crippen LogP contribution in [0, 0.1) is 16.0 Å². The van der Waals surface area contributed by atoms with Crippen molar-refractivity contribution < 1.29 is 14.4 Å². The van der Waals surface area contributed by atoms with E-state index in [0.717, 1.165) is 29.9 Å². The van der Waals surface area contributed by atoms with E-state index in [2.05, 4.69) is 32.7 Å². The zero-order valence-corrected chi connectivity index (χ0v) is 11.4. The van der Waals surface area contributed by atoms with Crippen LogP contribution < -0.4 is 0 Å². The Bertz CT molecular complexity index is 271. The number of nitrogens with zero attached hydrogens (tertiary/aromatic N) is 2. The van der Waals surface area contributed by atoms with Crippen LogP contribution in [0.15, 0.2) is 0 Å². The van der Waals surface area contributed by atoms with Gasteiger partial charge in [0.2, 0.25) is 0 Å². The van der Waals surface area contributed by atoms with Gasteiger partial charge in [0, 0.05) is 6.42 Å². The van der Waals surface area contributed by atoms with Gasteiger partial charge in [0.25, 0.3) is 5.09 Å². The Balaban J connectivity index is 2.52. The fourth-order valence-corrected chi connectivity index (χ4v) is 2.51. The highest BCUT2D eigenvalue weighted by molar-refractivity contribution is 4.73. The molecule has 0 bridgehead atoms. The van der Waals surface area contributed by atoms with E-state index in [-0.39, 0.29) is 12.1 Å². The molecule has 1 aliphatic heterocycles. The third kappa shape index (κ3) is 3.56. The highest BCUT2D eigenvalue weighted by Crippen LogP contribution is 2.32. The van der Waals surface area contributed by atoms with Crippen LogP contribution in [0.2, 0.25) is 0 Å². The first-order chi connectivity index (χ1) is 7.77. The average Bonchev–Trinajstić information content (AvgIpc) is 2.21. The minimum atomic E-state index is -0.700. The van der Waals surface area contributed by atoms with Gasteiger partial charge in [-0.3, -0.25) is 0 Å². The van der Waals surface area contributed by atoms with Gasteiger partial charge in [-0.25, -0.2) is 0 Å². The first-order valence-corrected chi connectivity index (χ1v) is 6.39. The van der Waals surface area contributed by atoms with Crippen LogP contribution in [-0.2, 0) is 4.84 Å². The van der Waals surface area contributed by atoms with Crippen molar-refractivity contribution in [1.82, 2.24) is 0 Å². The summed E-state index contributed by atoms with van der Waals surface area (Å²) in [7, 11) is 2.26. The van der Waals surface area contributed by atoms with Gasteiger partial charge in [0.05, 0.1) is 25.7 Å². The molecular weight excluding hydrogens is 220 g/mol. The molecule has 0 aliphatic carbocycles. The summed E-state index contributed by atoms with van der Waals surface area (Å²) in [4.78, 5) is 14.6. The van der Waals surface area contributed by atoms with Crippen molar-refractivity contribution in [2.75, 3.05) is 26.7 Å². The second kappa shape index (κ2) is 5.21. The summed E-state index contributed by atoms with van der Waals surface area (Å²) in [6, 6.07) is 0. The summed E-state index contributed by atoms with van der Waals surface area (Å²) < 4.78 is 0.998. The van der Waals surface area contributed by atoms with Crippen LogP contribution in [0.25, 0.3) is 0 Å². The van der Waals surface area contributed by atoms with Gasteiger partial charge in [0.1, 0.15) is 6.61 Å². The molecule has 1 heterocycles. The lowest BCUT2D eigenvalue weighted by Crippen LogP contribution is -2.62. The van der Waals surface area contributed by atoms with E-state index < -0.39 is 5.09 Å². The van der Waals surface area contributed by atoms with E-state index in [1.54, 1.807) is 0 Å². The zero-order valence-electron chi connectivity index (χ0n) is 11.4. The SMILES string of the molecule is CC1CC[N+](C)(C(C)(C)CCO[N+](=O)[O-])CC1. The molecule has 17 heavy (non-hydrogen) atoms. The molecule has 1 saturated heterocycles.